The summed E-state index contributed by atoms with van der Waals surface area (Å²) < 4.78 is 13.1. The summed E-state index contributed by atoms with van der Waals surface area (Å²) in [5, 5.41) is 21.1. The van der Waals surface area contributed by atoms with E-state index < -0.39 is 0 Å². The van der Waals surface area contributed by atoms with E-state index in [2.05, 4.69) is 21.6 Å². The van der Waals surface area contributed by atoms with Gasteiger partial charge in [0, 0.05) is 17.9 Å². The Kier molecular flexibility index (Phi) is 7.60. The van der Waals surface area contributed by atoms with Crippen LogP contribution in [0.3, 0.4) is 0 Å². The maximum atomic E-state index is 12.5. The molecule has 0 aliphatic carbocycles. The van der Waals surface area contributed by atoms with Gasteiger partial charge in [0.15, 0.2) is 11.0 Å². The molecule has 8 nitrogen and oxygen atoms in total. The first-order valence-electron chi connectivity index (χ1n) is 10.7. The van der Waals surface area contributed by atoms with Crippen molar-refractivity contribution >= 4 is 23.4 Å². The zero-order valence-corrected chi connectivity index (χ0v) is 19.2. The first kappa shape index (κ1) is 22.8. The standard InChI is InChI=1S/C24H25N5O3S/c1-31-20-10-6-18(7-11-20)23-27-28-24(29(23)15-21-3-2-14-32-21)33-16-22(30)26-19-8-4-17(5-9-19)12-13-25/h4-11,21H,2-3,12,14-16H2,1H3,(H,26,30)/t21-/m0/s1. The summed E-state index contributed by atoms with van der Waals surface area (Å²) in [7, 11) is 1.63. The molecule has 1 amide bonds. The number of carbonyl (C=O) groups excluding carboxylic acids is 1. The predicted molar refractivity (Wildman–Crippen MR) is 126 cm³/mol. The fraction of sp³-hybridized carbons (Fsp3) is 0.333. The topological polar surface area (TPSA) is 102 Å². The minimum Gasteiger partial charge on any atom is -0.497 e. The van der Waals surface area contributed by atoms with Crippen LogP contribution in [-0.2, 0) is 22.5 Å². The number of nitrogens with zero attached hydrogens (tertiary/aromatic N) is 4. The summed E-state index contributed by atoms with van der Waals surface area (Å²) in [6.45, 7) is 1.40. The summed E-state index contributed by atoms with van der Waals surface area (Å²) in [4.78, 5) is 12.5. The zero-order chi connectivity index (χ0) is 23.0. The van der Waals surface area contributed by atoms with Gasteiger partial charge in [-0.1, -0.05) is 23.9 Å². The molecule has 1 aliphatic heterocycles. The van der Waals surface area contributed by atoms with Crippen molar-refractivity contribution in [3.05, 3.63) is 54.1 Å². The van der Waals surface area contributed by atoms with Gasteiger partial charge in [0.05, 0.1) is 38.0 Å². The number of aromatic nitrogens is 3. The van der Waals surface area contributed by atoms with Crippen LogP contribution >= 0.6 is 11.8 Å². The number of rotatable bonds is 9. The number of benzene rings is 2. The van der Waals surface area contributed by atoms with Crippen LogP contribution in [0.1, 0.15) is 18.4 Å². The number of hydrogen-bond donors (Lipinski definition) is 1. The monoisotopic (exact) mass is 463 g/mol. The van der Waals surface area contributed by atoms with E-state index in [1.54, 1.807) is 19.2 Å². The number of amides is 1. The lowest BCUT2D eigenvalue weighted by Crippen LogP contribution is -2.18. The van der Waals surface area contributed by atoms with Crippen LogP contribution in [0.25, 0.3) is 11.4 Å². The first-order valence-corrected chi connectivity index (χ1v) is 11.7. The number of hydrogen-bond acceptors (Lipinski definition) is 7. The van der Waals surface area contributed by atoms with Crippen LogP contribution < -0.4 is 10.1 Å². The highest BCUT2D eigenvalue weighted by molar-refractivity contribution is 7.99. The van der Waals surface area contributed by atoms with Crippen LogP contribution in [0.2, 0.25) is 0 Å². The zero-order valence-electron chi connectivity index (χ0n) is 18.4. The molecule has 0 bridgehead atoms. The number of anilines is 1. The normalized spacial score (nSPS) is 15.2. The minimum atomic E-state index is -0.134. The third-order valence-corrected chi connectivity index (χ3v) is 6.30. The summed E-state index contributed by atoms with van der Waals surface area (Å²) in [6.07, 6.45) is 2.49. The smallest absolute Gasteiger partial charge is 0.234 e. The molecule has 1 aliphatic rings. The molecule has 2 heterocycles. The van der Waals surface area contributed by atoms with E-state index in [9.17, 15) is 4.79 Å². The van der Waals surface area contributed by atoms with Gasteiger partial charge < -0.3 is 14.8 Å². The van der Waals surface area contributed by atoms with Gasteiger partial charge in [0.25, 0.3) is 0 Å². The number of methoxy groups -OCH3 is 1. The van der Waals surface area contributed by atoms with E-state index in [0.717, 1.165) is 42.1 Å². The van der Waals surface area contributed by atoms with Crippen molar-refractivity contribution in [3.8, 4) is 23.2 Å². The van der Waals surface area contributed by atoms with Gasteiger partial charge in [0.2, 0.25) is 5.91 Å². The highest BCUT2D eigenvalue weighted by Gasteiger charge is 2.22. The Morgan fingerprint density at radius 2 is 2.03 bits per heavy atom. The molecule has 4 rings (SSSR count). The van der Waals surface area contributed by atoms with Crippen molar-refractivity contribution in [1.82, 2.24) is 14.8 Å². The lowest BCUT2D eigenvalue weighted by Gasteiger charge is -2.15. The Morgan fingerprint density at radius 1 is 1.24 bits per heavy atom. The van der Waals surface area contributed by atoms with Crippen molar-refractivity contribution in [1.29, 1.82) is 5.26 Å². The number of thioether (sulfide) groups is 1. The molecule has 3 aromatic rings. The SMILES string of the molecule is COc1ccc(-c2nnc(SCC(=O)Nc3ccc(CC#N)cc3)n2C[C@@H]2CCCO2)cc1. The molecule has 0 saturated carbocycles. The third-order valence-electron chi connectivity index (χ3n) is 5.33. The van der Waals surface area contributed by atoms with E-state index >= 15 is 0 Å². The van der Waals surface area contributed by atoms with Gasteiger partial charge in [-0.3, -0.25) is 9.36 Å². The number of nitrogens with one attached hydrogen (secondary N) is 1. The number of ether oxygens (including phenoxy) is 2. The van der Waals surface area contributed by atoms with Crippen LogP contribution in [0, 0.1) is 11.3 Å². The van der Waals surface area contributed by atoms with Gasteiger partial charge in [-0.2, -0.15) is 5.26 Å². The molecule has 1 N–H and O–H groups in total. The minimum absolute atomic E-state index is 0.109. The van der Waals surface area contributed by atoms with E-state index in [-0.39, 0.29) is 17.8 Å². The Labute approximate surface area is 196 Å². The molecular formula is C24H25N5O3S. The molecule has 2 aromatic carbocycles. The molecule has 33 heavy (non-hydrogen) atoms. The largest absolute Gasteiger partial charge is 0.497 e. The molecule has 0 spiro atoms. The highest BCUT2D eigenvalue weighted by atomic mass is 32.2. The lowest BCUT2D eigenvalue weighted by molar-refractivity contribution is -0.113. The maximum Gasteiger partial charge on any atom is 0.234 e. The summed E-state index contributed by atoms with van der Waals surface area (Å²) in [6, 6.07) is 17.1. The molecule has 1 aromatic heterocycles. The van der Waals surface area contributed by atoms with E-state index in [0.29, 0.717) is 23.8 Å². The molecule has 1 atom stereocenters. The highest BCUT2D eigenvalue weighted by Crippen LogP contribution is 2.28. The molecule has 0 unspecified atom stereocenters. The van der Waals surface area contributed by atoms with Crippen LogP contribution in [-0.4, -0.2) is 46.2 Å². The second-order valence-corrected chi connectivity index (χ2v) is 8.59. The van der Waals surface area contributed by atoms with Crippen molar-refractivity contribution in [2.45, 2.75) is 37.1 Å². The molecule has 1 fully saturated rings. The second-order valence-electron chi connectivity index (χ2n) is 7.65. The van der Waals surface area contributed by atoms with Gasteiger partial charge in [0.1, 0.15) is 5.75 Å². The molecule has 0 radical (unpaired) electrons. The quantitative estimate of drug-likeness (QED) is 0.480. The van der Waals surface area contributed by atoms with Crippen molar-refractivity contribution in [2.24, 2.45) is 0 Å². The average Bonchev–Trinajstić information content (AvgIpc) is 3.50. The van der Waals surface area contributed by atoms with Gasteiger partial charge in [-0.25, -0.2) is 0 Å². The van der Waals surface area contributed by atoms with Gasteiger partial charge in [-0.05, 0) is 54.8 Å². The Bertz CT molecular complexity index is 1120. The molecule has 9 heteroatoms. The third kappa shape index (κ3) is 5.92. The van der Waals surface area contributed by atoms with Gasteiger partial charge >= 0.3 is 0 Å². The second kappa shape index (κ2) is 11.0. The van der Waals surface area contributed by atoms with E-state index in [1.165, 1.54) is 11.8 Å². The lowest BCUT2D eigenvalue weighted by atomic mass is 10.1. The van der Waals surface area contributed by atoms with Gasteiger partial charge in [-0.15, -0.1) is 10.2 Å². The Hall–Kier alpha value is -3.35. The van der Waals surface area contributed by atoms with Crippen LogP contribution in [0.15, 0.2) is 53.7 Å². The number of carbonyl (C=O) groups is 1. The van der Waals surface area contributed by atoms with E-state index in [1.807, 2.05) is 41.0 Å². The molecular weight excluding hydrogens is 438 g/mol. The Morgan fingerprint density at radius 3 is 2.70 bits per heavy atom. The fourth-order valence-electron chi connectivity index (χ4n) is 3.63. The average molecular weight is 464 g/mol. The fourth-order valence-corrected chi connectivity index (χ4v) is 4.38. The van der Waals surface area contributed by atoms with Crippen molar-refractivity contribution < 1.29 is 14.3 Å². The molecule has 170 valence electrons. The summed E-state index contributed by atoms with van der Waals surface area (Å²) in [5.74, 6) is 1.58. The van der Waals surface area contributed by atoms with Crippen LogP contribution in [0.5, 0.6) is 5.75 Å². The Balaban J connectivity index is 1.46. The maximum absolute atomic E-state index is 12.5. The molecule has 1 saturated heterocycles. The number of nitriles is 1. The van der Waals surface area contributed by atoms with Crippen molar-refractivity contribution in [3.63, 3.8) is 0 Å². The summed E-state index contributed by atoms with van der Waals surface area (Å²) >= 11 is 1.35. The van der Waals surface area contributed by atoms with Crippen LogP contribution in [0.4, 0.5) is 5.69 Å². The summed E-state index contributed by atoms with van der Waals surface area (Å²) in [5.41, 5.74) is 2.54. The van der Waals surface area contributed by atoms with Crippen molar-refractivity contribution in [2.75, 3.05) is 24.8 Å². The predicted octanol–water partition coefficient (Wildman–Crippen LogP) is 3.93. The first-order chi connectivity index (χ1) is 16.2. The van der Waals surface area contributed by atoms with E-state index in [4.69, 9.17) is 14.7 Å².